The fraction of sp³-hybridized carbons (Fsp3) is 0.316. The fourth-order valence-electron chi connectivity index (χ4n) is 3.11. The molecule has 3 nitrogen and oxygen atoms in total. The van der Waals surface area contributed by atoms with Crippen molar-refractivity contribution in [2.45, 2.75) is 12.8 Å². The fourth-order valence-corrected chi connectivity index (χ4v) is 3.11. The van der Waals surface area contributed by atoms with Gasteiger partial charge >= 0.3 is 0 Å². The first-order valence-corrected chi connectivity index (χ1v) is 7.84. The second-order valence-corrected chi connectivity index (χ2v) is 5.85. The van der Waals surface area contributed by atoms with E-state index in [-0.39, 0.29) is 18.4 Å². The lowest BCUT2D eigenvalue weighted by atomic mass is 9.95. The van der Waals surface area contributed by atoms with E-state index >= 15 is 0 Å². The first kappa shape index (κ1) is 14.8. The molecule has 114 valence electrons. The zero-order valence-electron chi connectivity index (χ0n) is 12.6. The molecule has 2 aromatic rings. The highest BCUT2D eigenvalue weighted by Gasteiger charge is 2.25. The molecule has 1 fully saturated rings. The van der Waals surface area contributed by atoms with Crippen LogP contribution in [0.5, 0.6) is 0 Å². The lowest BCUT2D eigenvalue weighted by Gasteiger charge is -2.32. The number of carbonyl (C=O) groups is 1. The minimum atomic E-state index is 0.0672. The average molecular weight is 295 g/mol. The predicted octanol–water partition coefficient (Wildman–Crippen LogP) is 3.20. The van der Waals surface area contributed by atoms with Crippen LogP contribution in [0.15, 0.2) is 54.6 Å². The van der Waals surface area contributed by atoms with Crippen LogP contribution in [0.25, 0.3) is 11.1 Å². The molecule has 1 N–H and O–H groups in total. The third-order valence-electron chi connectivity index (χ3n) is 4.31. The van der Waals surface area contributed by atoms with Crippen LogP contribution in [0.3, 0.4) is 0 Å². The summed E-state index contributed by atoms with van der Waals surface area (Å²) >= 11 is 0. The van der Waals surface area contributed by atoms with Crippen LogP contribution in [0.1, 0.15) is 23.2 Å². The highest BCUT2D eigenvalue weighted by molar-refractivity contribution is 6.00. The van der Waals surface area contributed by atoms with Crippen LogP contribution >= 0.6 is 0 Å². The van der Waals surface area contributed by atoms with E-state index in [1.807, 2.05) is 59.5 Å². The monoisotopic (exact) mass is 295 g/mol. The van der Waals surface area contributed by atoms with E-state index in [0.717, 1.165) is 36.1 Å². The van der Waals surface area contributed by atoms with Crippen molar-refractivity contribution in [1.29, 1.82) is 0 Å². The number of benzene rings is 2. The Labute approximate surface area is 131 Å². The second kappa shape index (κ2) is 6.75. The molecule has 0 bridgehead atoms. The minimum Gasteiger partial charge on any atom is -0.396 e. The Morgan fingerprint density at radius 3 is 2.59 bits per heavy atom. The van der Waals surface area contributed by atoms with Gasteiger partial charge in [-0.1, -0.05) is 48.5 Å². The van der Waals surface area contributed by atoms with Gasteiger partial charge in [0.2, 0.25) is 0 Å². The number of aliphatic hydroxyl groups is 1. The smallest absolute Gasteiger partial charge is 0.254 e. The molecule has 1 saturated heterocycles. The first-order chi connectivity index (χ1) is 10.8. The van der Waals surface area contributed by atoms with E-state index in [0.29, 0.717) is 6.54 Å². The lowest BCUT2D eigenvalue weighted by Crippen LogP contribution is -2.41. The molecule has 1 heterocycles. The maximum Gasteiger partial charge on any atom is 0.254 e. The standard InChI is InChI=1S/C19H21NO2/c21-14-15-7-6-12-20(13-15)19(22)18-11-5-4-10-17(18)16-8-2-1-3-9-16/h1-5,8-11,15,21H,6-7,12-14H2. The molecule has 22 heavy (non-hydrogen) atoms. The molecule has 3 heteroatoms. The number of likely N-dealkylation sites (tertiary alicyclic amines) is 1. The number of carbonyl (C=O) groups excluding carboxylic acids is 1. The Balaban J connectivity index is 1.90. The van der Waals surface area contributed by atoms with Crippen LogP contribution in [0.4, 0.5) is 0 Å². The van der Waals surface area contributed by atoms with Gasteiger partial charge in [-0.3, -0.25) is 4.79 Å². The van der Waals surface area contributed by atoms with Crippen LogP contribution in [0, 0.1) is 5.92 Å². The molecule has 0 radical (unpaired) electrons. The van der Waals surface area contributed by atoms with Gasteiger partial charge in [0.15, 0.2) is 0 Å². The Bertz CT molecular complexity index is 639. The SMILES string of the molecule is O=C(c1ccccc1-c1ccccc1)N1CCCC(CO)C1. The van der Waals surface area contributed by atoms with E-state index in [9.17, 15) is 9.90 Å². The molecule has 1 amide bonds. The minimum absolute atomic E-state index is 0.0672. The van der Waals surface area contributed by atoms with E-state index in [1.54, 1.807) is 0 Å². The van der Waals surface area contributed by atoms with Gasteiger partial charge in [-0.15, -0.1) is 0 Å². The van der Waals surface area contributed by atoms with Crippen LogP contribution in [-0.4, -0.2) is 35.6 Å². The molecule has 0 aromatic heterocycles. The number of aliphatic hydroxyl groups excluding tert-OH is 1. The number of hydrogen-bond acceptors (Lipinski definition) is 2. The lowest BCUT2D eigenvalue weighted by molar-refractivity contribution is 0.0621. The van der Waals surface area contributed by atoms with Crippen molar-refractivity contribution >= 4 is 5.91 Å². The van der Waals surface area contributed by atoms with Gasteiger partial charge in [-0.2, -0.15) is 0 Å². The maximum atomic E-state index is 12.9. The molecule has 0 saturated carbocycles. The van der Waals surface area contributed by atoms with Gasteiger partial charge in [-0.05, 0) is 36.0 Å². The van der Waals surface area contributed by atoms with Gasteiger partial charge in [0.25, 0.3) is 5.91 Å². The molecule has 0 aliphatic carbocycles. The zero-order valence-corrected chi connectivity index (χ0v) is 12.6. The van der Waals surface area contributed by atoms with Crippen molar-refractivity contribution in [1.82, 2.24) is 4.90 Å². The van der Waals surface area contributed by atoms with Crippen LogP contribution in [-0.2, 0) is 0 Å². The summed E-state index contributed by atoms with van der Waals surface area (Å²) in [6, 6.07) is 17.8. The van der Waals surface area contributed by atoms with Crippen molar-refractivity contribution < 1.29 is 9.90 Å². The summed E-state index contributed by atoms with van der Waals surface area (Å²) in [5, 5.41) is 9.36. The third kappa shape index (κ3) is 3.04. The molecular weight excluding hydrogens is 274 g/mol. The van der Waals surface area contributed by atoms with Gasteiger partial charge in [0.1, 0.15) is 0 Å². The normalized spacial score (nSPS) is 18.2. The third-order valence-corrected chi connectivity index (χ3v) is 4.31. The first-order valence-electron chi connectivity index (χ1n) is 7.84. The largest absolute Gasteiger partial charge is 0.396 e. The number of piperidine rings is 1. The summed E-state index contributed by atoms with van der Waals surface area (Å²) in [7, 11) is 0. The van der Waals surface area contributed by atoms with Gasteiger partial charge in [0, 0.05) is 25.3 Å². The summed E-state index contributed by atoms with van der Waals surface area (Å²) in [5.74, 6) is 0.277. The summed E-state index contributed by atoms with van der Waals surface area (Å²) in [6.07, 6.45) is 1.96. The summed E-state index contributed by atoms with van der Waals surface area (Å²) in [6.45, 7) is 1.58. The van der Waals surface area contributed by atoms with Crippen molar-refractivity contribution in [2.24, 2.45) is 5.92 Å². The summed E-state index contributed by atoms with van der Waals surface area (Å²) in [4.78, 5) is 14.8. The molecule has 1 aliphatic rings. The van der Waals surface area contributed by atoms with Crippen LogP contribution < -0.4 is 0 Å². The maximum absolute atomic E-state index is 12.9. The Morgan fingerprint density at radius 2 is 1.82 bits per heavy atom. The molecule has 3 rings (SSSR count). The molecule has 1 unspecified atom stereocenters. The Kier molecular flexibility index (Phi) is 4.54. The highest BCUT2D eigenvalue weighted by Crippen LogP contribution is 2.26. The molecular formula is C19H21NO2. The van der Waals surface area contributed by atoms with E-state index in [2.05, 4.69) is 0 Å². The zero-order chi connectivity index (χ0) is 15.4. The van der Waals surface area contributed by atoms with Gasteiger partial charge in [0.05, 0.1) is 0 Å². The Hall–Kier alpha value is -2.13. The van der Waals surface area contributed by atoms with Crippen molar-refractivity contribution in [2.75, 3.05) is 19.7 Å². The predicted molar refractivity (Wildman–Crippen MR) is 87.6 cm³/mol. The van der Waals surface area contributed by atoms with E-state index in [4.69, 9.17) is 0 Å². The number of rotatable bonds is 3. The van der Waals surface area contributed by atoms with E-state index < -0.39 is 0 Å². The molecule has 1 atom stereocenters. The highest BCUT2D eigenvalue weighted by atomic mass is 16.3. The number of amides is 1. The van der Waals surface area contributed by atoms with Crippen LogP contribution in [0.2, 0.25) is 0 Å². The van der Waals surface area contributed by atoms with Crippen molar-refractivity contribution in [3.05, 3.63) is 60.2 Å². The van der Waals surface area contributed by atoms with Gasteiger partial charge < -0.3 is 10.0 Å². The van der Waals surface area contributed by atoms with Crippen molar-refractivity contribution in [3.8, 4) is 11.1 Å². The summed E-state index contributed by atoms with van der Waals surface area (Å²) in [5.41, 5.74) is 2.77. The van der Waals surface area contributed by atoms with Crippen molar-refractivity contribution in [3.63, 3.8) is 0 Å². The molecule has 1 aliphatic heterocycles. The quantitative estimate of drug-likeness (QED) is 0.944. The molecule has 0 spiro atoms. The number of hydrogen-bond donors (Lipinski definition) is 1. The summed E-state index contributed by atoms with van der Waals surface area (Å²) < 4.78 is 0. The average Bonchev–Trinajstić information content (AvgIpc) is 2.62. The second-order valence-electron chi connectivity index (χ2n) is 5.85. The Morgan fingerprint density at radius 1 is 1.09 bits per heavy atom. The number of nitrogens with zero attached hydrogens (tertiary/aromatic N) is 1. The molecule has 2 aromatic carbocycles. The topological polar surface area (TPSA) is 40.5 Å². The van der Waals surface area contributed by atoms with E-state index in [1.165, 1.54) is 0 Å². The van der Waals surface area contributed by atoms with Gasteiger partial charge in [-0.25, -0.2) is 0 Å².